The molecule has 1 unspecified atom stereocenters. The Morgan fingerprint density at radius 3 is 2.35 bits per heavy atom. The van der Waals surface area contributed by atoms with Crippen LogP contribution in [0.1, 0.15) is 42.0 Å². The van der Waals surface area contributed by atoms with E-state index in [4.69, 9.17) is 27.6 Å². The van der Waals surface area contributed by atoms with Gasteiger partial charge in [-0.25, -0.2) is 0 Å². The van der Waals surface area contributed by atoms with Crippen molar-refractivity contribution in [1.29, 1.82) is 0 Å². The van der Waals surface area contributed by atoms with Gasteiger partial charge < -0.3 is 9.73 Å². The van der Waals surface area contributed by atoms with Crippen LogP contribution in [0.15, 0.2) is 28.7 Å². The summed E-state index contributed by atoms with van der Waals surface area (Å²) in [5.74, 6) is 1.79. The van der Waals surface area contributed by atoms with Gasteiger partial charge in [-0.15, -0.1) is 0 Å². The Hall–Kier alpha value is -0.960. The summed E-state index contributed by atoms with van der Waals surface area (Å²) in [4.78, 5) is 0. The van der Waals surface area contributed by atoms with Crippen molar-refractivity contribution < 1.29 is 4.42 Å². The van der Waals surface area contributed by atoms with Gasteiger partial charge >= 0.3 is 0 Å². The normalized spacial score (nSPS) is 12.7. The first-order chi connectivity index (χ1) is 9.54. The summed E-state index contributed by atoms with van der Waals surface area (Å²) < 4.78 is 5.65. The van der Waals surface area contributed by atoms with Crippen molar-refractivity contribution >= 4 is 23.2 Å². The van der Waals surface area contributed by atoms with Gasteiger partial charge in [0.25, 0.3) is 0 Å². The molecule has 0 spiro atoms. The predicted octanol–water partition coefficient (Wildman–Crippen LogP) is 5.29. The lowest BCUT2D eigenvalue weighted by Crippen LogP contribution is -2.24. The molecule has 2 nitrogen and oxygen atoms in total. The molecule has 0 radical (unpaired) electrons. The fraction of sp³-hybridized carbons (Fsp3) is 0.375. The zero-order valence-corrected chi connectivity index (χ0v) is 13.5. The average molecular weight is 312 g/mol. The molecule has 0 aliphatic heterocycles. The average Bonchev–Trinajstić information content (AvgIpc) is 2.72. The molecular formula is C16H19Cl2NO. The van der Waals surface area contributed by atoms with Crippen LogP contribution >= 0.6 is 23.2 Å². The predicted molar refractivity (Wildman–Crippen MR) is 84.8 cm³/mol. The van der Waals surface area contributed by atoms with Crippen molar-refractivity contribution in [2.75, 3.05) is 6.54 Å². The summed E-state index contributed by atoms with van der Waals surface area (Å²) in [6, 6.07) is 7.59. The molecule has 0 bridgehead atoms. The molecule has 1 N–H and O–H groups in total. The Kier molecular flexibility index (Phi) is 5.14. The van der Waals surface area contributed by atoms with Crippen LogP contribution in [-0.2, 0) is 0 Å². The molecule has 108 valence electrons. The quantitative estimate of drug-likeness (QED) is 0.811. The van der Waals surface area contributed by atoms with E-state index in [1.165, 1.54) is 0 Å². The summed E-state index contributed by atoms with van der Waals surface area (Å²) in [6.07, 6.45) is 1.04. The fourth-order valence-electron chi connectivity index (χ4n) is 2.38. The lowest BCUT2D eigenvalue weighted by Gasteiger charge is -2.21. The van der Waals surface area contributed by atoms with Gasteiger partial charge in [0.2, 0.25) is 0 Å². The third-order valence-corrected chi connectivity index (χ3v) is 3.94. The van der Waals surface area contributed by atoms with E-state index in [1.807, 2.05) is 38.1 Å². The van der Waals surface area contributed by atoms with Crippen LogP contribution in [0.25, 0.3) is 0 Å². The fourth-order valence-corrected chi connectivity index (χ4v) is 3.00. The highest BCUT2D eigenvalue weighted by molar-refractivity contribution is 6.36. The number of rotatable bonds is 5. The second-order valence-electron chi connectivity index (χ2n) is 4.89. The summed E-state index contributed by atoms with van der Waals surface area (Å²) in [5, 5.41) is 4.85. The standard InChI is InChI=1S/C16H19Cl2NO/c1-4-8-19-16(12-9-10(2)20-11(12)3)15-13(17)6-5-7-14(15)18/h5-7,9,16,19H,4,8H2,1-3H3. The Morgan fingerprint density at radius 2 is 1.85 bits per heavy atom. The second-order valence-corrected chi connectivity index (χ2v) is 5.71. The maximum atomic E-state index is 6.36. The van der Waals surface area contributed by atoms with Gasteiger partial charge in [-0.2, -0.15) is 0 Å². The van der Waals surface area contributed by atoms with Gasteiger partial charge in [0.05, 0.1) is 6.04 Å². The number of aryl methyl sites for hydroxylation is 2. The number of furan rings is 1. The van der Waals surface area contributed by atoms with E-state index >= 15 is 0 Å². The van der Waals surface area contributed by atoms with Gasteiger partial charge in [-0.1, -0.05) is 36.2 Å². The van der Waals surface area contributed by atoms with Crippen LogP contribution in [0.4, 0.5) is 0 Å². The molecule has 1 atom stereocenters. The first-order valence-corrected chi connectivity index (χ1v) is 7.54. The Morgan fingerprint density at radius 1 is 1.20 bits per heavy atom. The van der Waals surface area contributed by atoms with Crippen LogP contribution in [0.3, 0.4) is 0 Å². The topological polar surface area (TPSA) is 25.2 Å². The van der Waals surface area contributed by atoms with Crippen molar-refractivity contribution in [3.63, 3.8) is 0 Å². The largest absolute Gasteiger partial charge is 0.466 e. The van der Waals surface area contributed by atoms with Gasteiger partial charge in [0, 0.05) is 21.2 Å². The van der Waals surface area contributed by atoms with Crippen molar-refractivity contribution in [1.82, 2.24) is 5.32 Å². The highest BCUT2D eigenvalue weighted by Gasteiger charge is 2.23. The first-order valence-electron chi connectivity index (χ1n) is 6.78. The van der Waals surface area contributed by atoms with Crippen molar-refractivity contribution in [2.24, 2.45) is 0 Å². The Balaban J connectivity index is 2.50. The summed E-state index contributed by atoms with van der Waals surface area (Å²) in [5.41, 5.74) is 2.00. The van der Waals surface area contributed by atoms with E-state index in [-0.39, 0.29) is 6.04 Å². The zero-order valence-electron chi connectivity index (χ0n) is 12.0. The number of benzene rings is 1. The molecule has 1 aromatic carbocycles. The Bertz CT molecular complexity index is 572. The molecule has 0 saturated heterocycles. The molecule has 0 amide bonds. The molecule has 2 rings (SSSR count). The van der Waals surface area contributed by atoms with E-state index < -0.39 is 0 Å². The van der Waals surface area contributed by atoms with Crippen LogP contribution in [0.2, 0.25) is 10.0 Å². The second kappa shape index (κ2) is 6.66. The minimum absolute atomic E-state index is 0.0476. The van der Waals surface area contributed by atoms with E-state index in [9.17, 15) is 0 Å². The van der Waals surface area contributed by atoms with Gasteiger partial charge in [-0.3, -0.25) is 0 Å². The summed E-state index contributed by atoms with van der Waals surface area (Å²) >= 11 is 12.7. The number of nitrogens with one attached hydrogen (secondary N) is 1. The minimum Gasteiger partial charge on any atom is -0.466 e. The first kappa shape index (κ1) is 15.4. The van der Waals surface area contributed by atoms with E-state index in [2.05, 4.69) is 12.2 Å². The van der Waals surface area contributed by atoms with E-state index in [0.717, 1.165) is 35.6 Å². The van der Waals surface area contributed by atoms with Crippen LogP contribution in [0.5, 0.6) is 0 Å². The summed E-state index contributed by atoms with van der Waals surface area (Å²) in [6.45, 7) is 6.93. The van der Waals surface area contributed by atoms with Gasteiger partial charge in [0.1, 0.15) is 11.5 Å². The highest BCUT2D eigenvalue weighted by atomic mass is 35.5. The van der Waals surface area contributed by atoms with Crippen LogP contribution in [-0.4, -0.2) is 6.54 Å². The smallest absolute Gasteiger partial charge is 0.106 e. The lowest BCUT2D eigenvalue weighted by atomic mass is 9.98. The van der Waals surface area contributed by atoms with Crippen molar-refractivity contribution in [2.45, 2.75) is 33.2 Å². The van der Waals surface area contributed by atoms with Gasteiger partial charge in [0.15, 0.2) is 0 Å². The molecule has 2 aromatic rings. The number of hydrogen-bond donors (Lipinski definition) is 1. The highest BCUT2D eigenvalue weighted by Crippen LogP contribution is 2.36. The van der Waals surface area contributed by atoms with Crippen LogP contribution < -0.4 is 5.32 Å². The molecule has 1 aromatic heterocycles. The molecule has 0 aliphatic rings. The van der Waals surface area contributed by atoms with E-state index in [1.54, 1.807) is 0 Å². The molecular weight excluding hydrogens is 293 g/mol. The third-order valence-electron chi connectivity index (χ3n) is 3.28. The maximum Gasteiger partial charge on any atom is 0.106 e. The Labute approximate surface area is 130 Å². The monoisotopic (exact) mass is 311 g/mol. The number of hydrogen-bond acceptors (Lipinski definition) is 2. The zero-order chi connectivity index (χ0) is 14.7. The van der Waals surface area contributed by atoms with Crippen LogP contribution in [0, 0.1) is 13.8 Å². The third kappa shape index (κ3) is 3.20. The number of halogens is 2. The van der Waals surface area contributed by atoms with E-state index in [0.29, 0.717) is 10.0 Å². The minimum atomic E-state index is -0.0476. The molecule has 0 fully saturated rings. The van der Waals surface area contributed by atoms with Crippen molar-refractivity contribution in [3.8, 4) is 0 Å². The molecule has 20 heavy (non-hydrogen) atoms. The SMILES string of the molecule is CCCNC(c1cc(C)oc1C)c1c(Cl)cccc1Cl. The molecule has 4 heteroatoms. The van der Waals surface area contributed by atoms with Crippen molar-refractivity contribution in [3.05, 3.63) is 57.0 Å². The molecule has 0 aliphatic carbocycles. The maximum absolute atomic E-state index is 6.36. The summed E-state index contributed by atoms with van der Waals surface area (Å²) in [7, 11) is 0. The van der Waals surface area contributed by atoms with Gasteiger partial charge in [-0.05, 0) is 45.0 Å². The lowest BCUT2D eigenvalue weighted by molar-refractivity contribution is 0.493. The molecule has 0 saturated carbocycles. The molecule has 1 heterocycles.